The molecule has 1 aromatic carbocycles. The van der Waals surface area contributed by atoms with E-state index in [-0.39, 0.29) is 24.9 Å². The van der Waals surface area contributed by atoms with Crippen LogP contribution in [0.15, 0.2) is 41.1 Å². The maximum atomic E-state index is 12.5. The first-order valence-electron chi connectivity index (χ1n) is 8.37. The van der Waals surface area contributed by atoms with Crippen LogP contribution < -0.4 is 20.5 Å². The second-order valence-corrected chi connectivity index (χ2v) is 5.98. The second kappa shape index (κ2) is 9.29. The first-order chi connectivity index (χ1) is 13.0. The van der Waals surface area contributed by atoms with Gasteiger partial charge in [-0.15, -0.1) is 12.4 Å². The molecule has 150 valence electrons. The molecule has 0 atom stereocenters. The summed E-state index contributed by atoms with van der Waals surface area (Å²) in [6.45, 7) is 2.58. The van der Waals surface area contributed by atoms with Crippen molar-refractivity contribution in [1.82, 2.24) is 9.78 Å². The zero-order valence-electron chi connectivity index (χ0n) is 15.9. The van der Waals surface area contributed by atoms with Crippen LogP contribution in [0.1, 0.15) is 27.2 Å². The number of halogens is 1. The van der Waals surface area contributed by atoms with Gasteiger partial charge in [0.1, 0.15) is 17.8 Å². The third-order valence-electron chi connectivity index (χ3n) is 4.15. The Bertz CT molecular complexity index is 951. The Kier molecular flexibility index (Phi) is 7.08. The number of nitrogens with two attached hydrogens (primary N) is 1. The van der Waals surface area contributed by atoms with Crippen molar-refractivity contribution in [3.05, 3.63) is 59.2 Å². The number of hydrogen-bond acceptors (Lipinski definition) is 6. The van der Waals surface area contributed by atoms with Gasteiger partial charge < -0.3 is 24.9 Å². The average molecular weight is 407 g/mol. The molecule has 0 aliphatic carbocycles. The lowest BCUT2D eigenvalue weighted by molar-refractivity contribution is 0.102. The van der Waals surface area contributed by atoms with Gasteiger partial charge >= 0.3 is 0 Å². The van der Waals surface area contributed by atoms with Gasteiger partial charge in [-0.2, -0.15) is 5.10 Å². The number of carbonyl (C=O) groups excluding carboxylic acids is 1. The van der Waals surface area contributed by atoms with Gasteiger partial charge in [0.2, 0.25) is 0 Å². The summed E-state index contributed by atoms with van der Waals surface area (Å²) in [5.74, 6) is 2.18. The van der Waals surface area contributed by atoms with Crippen molar-refractivity contribution in [1.29, 1.82) is 0 Å². The molecule has 0 bridgehead atoms. The van der Waals surface area contributed by atoms with E-state index < -0.39 is 0 Å². The van der Waals surface area contributed by atoms with Crippen LogP contribution >= 0.6 is 12.4 Å². The molecule has 28 heavy (non-hydrogen) atoms. The van der Waals surface area contributed by atoms with Gasteiger partial charge in [0.15, 0.2) is 11.5 Å². The average Bonchev–Trinajstić information content (AvgIpc) is 3.30. The van der Waals surface area contributed by atoms with E-state index in [1.807, 2.05) is 25.1 Å². The molecule has 0 fully saturated rings. The topological polar surface area (TPSA) is 105 Å². The highest BCUT2D eigenvalue weighted by Crippen LogP contribution is 2.28. The second-order valence-electron chi connectivity index (χ2n) is 5.98. The summed E-state index contributed by atoms with van der Waals surface area (Å²) in [6, 6.07) is 7.26. The Labute approximate surface area is 169 Å². The van der Waals surface area contributed by atoms with Crippen LogP contribution in [0.25, 0.3) is 0 Å². The van der Waals surface area contributed by atoms with E-state index in [0.29, 0.717) is 35.2 Å². The summed E-state index contributed by atoms with van der Waals surface area (Å²) in [7, 11) is 3.18. The Hall–Kier alpha value is -2.97. The number of benzene rings is 1. The number of aromatic nitrogens is 2. The fourth-order valence-corrected chi connectivity index (χ4v) is 2.70. The number of furan rings is 1. The maximum Gasteiger partial charge on any atom is 0.260 e. The van der Waals surface area contributed by atoms with Crippen LogP contribution in [0, 0.1) is 6.92 Å². The van der Waals surface area contributed by atoms with Crippen LogP contribution in [-0.4, -0.2) is 29.9 Å². The minimum absolute atomic E-state index is 0. The number of hydrogen-bond donors (Lipinski definition) is 2. The number of rotatable bonds is 7. The quantitative estimate of drug-likeness (QED) is 0.625. The molecule has 1 amide bonds. The number of nitrogens with zero attached hydrogens (tertiary/aromatic N) is 2. The lowest BCUT2D eigenvalue weighted by Crippen LogP contribution is -2.16. The van der Waals surface area contributed by atoms with Crippen LogP contribution in [0.3, 0.4) is 0 Å². The molecule has 3 rings (SSSR count). The van der Waals surface area contributed by atoms with Gasteiger partial charge in [-0.1, -0.05) is 6.07 Å². The Morgan fingerprint density at radius 3 is 2.64 bits per heavy atom. The predicted octanol–water partition coefficient (Wildman–Crippen LogP) is 2.98. The SMILES string of the molecule is COc1ccc(Cn2ncc(C)c2NC(=O)c2coc(CN)c2)cc1OC.Cl. The smallest absolute Gasteiger partial charge is 0.260 e. The third-order valence-corrected chi connectivity index (χ3v) is 4.15. The van der Waals surface area contributed by atoms with Gasteiger partial charge in [-0.3, -0.25) is 4.79 Å². The van der Waals surface area contributed by atoms with Gasteiger partial charge in [0.05, 0.1) is 39.1 Å². The van der Waals surface area contributed by atoms with Gasteiger partial charge in [0, 0.05) is 5.56 Å². The predicted molar refractivity (Wildman–Crippen MR) is 107 cm³/mol. The fraction of sp³-hybridized carbons (Fsp3) is 0.263. The third kappa shape index (κ3) is 4.47. The zero-order chi connectivity index (χ0) is 19.4. The molecule has 0 radical (unpaired) electrons. The molecule has 0 saturated carbocycles. The number of methoxy groups -OCH3 is 2. The monoisotopic (exact) mass is 406 g/mol. The van der Waals surface area contributed by atoms with Crippen LogP contribution in [0.2, 0.25) is 0 Å². The molecule has 3 aromatic rings. The van der Waals surface area contributed by atoms with E-state index in [1.54, 1.807) is 31.2 Å². The van der Waals surface area contributed by atoms with E-state index in [4.69, 9.17) is 19.6 Å². The Morgan fingerprint density at radius 1 is 1.25 bits per heavy atom. The first kappa shape index (κ1) is 21.3. The van der Waals surface area contributed by atoms with Crippen molar-refractivity contribution in [2.24, 2.45) is 5.73 Å². The normalized spacial score (nSPS) is 10.3. The molecule has 2 aromatic heterocycles. The lowest BCUT2D eigenvalue weighted by atomic mass is 10.2. The van der Waals surface area contributed by atoms with Crippen LogP contribution in [-0.2, 0) is 13.1 Å². The highest BCUT2D eigenvalue weighted by atomic mass is 35.5. The molecule has 8 nitrogen and oxygen atoms in total. The number of anilines is 1. The lowest BCUT2D eigenvalue weighted by Gasteiger charge is -2.12. The first-order valence-corrected chi connectivity index (χ1v) is 8.37. The number of amides is 1. The van der Waals surface area contributed by atoms with Gasteiger partial charge in [0.25, 0.3) is 5.91 Å². The molecular formula is C19H23ClN4O4. The minimum Gasteiger partial charge on any atom is -0.493 e. The van der Waals surface area contributed by atoms with Crippen molar-refractivity contribution in [3.63, 3.8) is 0 Å². The minimum atomic E-state index is -0.282. The standard InChI is InChI=1S/C19H22N4O4.ClH/c1-12-9-21-23(10-13-4-5-16(25-2)17(6-13)26-3)18(12)22-19(24)14-7-15(8-20)27-11-14;/h4-7,9,11H,8,10,20H2,1-3H3,(H,22,24);1H. The molecule has 0 saturated heterocycles. The number of ether oxygens (including phenoxy) is 2. The van der Waals surface area contributed by atoms with Crippen molar-refractivity contribution < 1.29 is 18.7 Å². The molecule has 0 aliphatic rings. The molecular weight excluding hydrogens is 384 g/mol. The number of aryl methyl sites for hydroxylation is 1. The van der Waals surface area contributed by atoms with E-state index in [9.17, 15) is 4.79 Å². The van der Waals surface area contributed by atoms with Gasteiger partial charge in [-0.05, 0) is 30.7 Å². The van der Waals surface area contributed by atoms with Crippen LogP contribution in [0.5, 0.6) is 11.5 Å². The summed E-state index contributed by atoms with van der Waals surface area (Å²) < 4.78 is 17.5. The summed E-state index contributed by atoms with van der Waals surface area (Å²) >= 11 is 0. The van der Waals surface area contributed by atoms with Crippen LogP contribution in [0.4, 0.5) is 5.82 Å². The number of nitrogens with one attached hydrogen (secondary N) is 1. The van der Waals surface area contributed by atoms with Crippen molar-refractivity contribution in [3.8, 4) is 11.5 Å². The molecule has 0 spiro atoms. The van der Waals surface area contributed by atoms with E-state index in [2.05, 4.69) is 10.4 Å². The molecule has 0 unspecified atom stereocenters. The molecule has 3 N–H and O–H groups in total. The summed E-state index contributed by atoms with van der Waals surface area (Å²) in [5, 5.41) is 7.25. The maximum absolute atomic E-state index is 12.5. The summed E-state index contributed by atoms with van der Waals surface area (Å²) in [5.41, 5.74) is 7.74. The van der Waals surface area contributed by atoms with Crippen molar-refractivity contribution in [2.75, 3.05) is 19.5 Å². The van der Waals surface area contributed by atoms with Crippen molar-refractivity contribution in [2.45, 2.75) is 20.0 Å². The fourth-order valence-electron chi connectivity index (χ4n) is 2.70. The Morgan fingerprint density at radius 2 is 2.00 bits per heavy atom. The zero-order valence-corrected chi connectivity index (χ0v) is 16.7. The largest absolute Gasteiger partial charge is 0.493 e. The van der Waals surface area contributed by atoms with E-state index >= 15 is 0 Å². The van der Waals surface area contributed by atoms with E-state index in [1.165, 1.54) is 6.26 Å². The molecule has 9 heteroatoms. The van der Waals surface area contributed by atoms with Gasteiger partial charge in [-0.25, -0.2) is 4.68 Å². The Balaban J connectivity index is 0.00000280. The number of carbonyl (C=O) groups is 1. The highest BCUT2D eigenvalue weighted by molar-refractivity contribution is 6.04. The highest BCUT2D eigenvalue weighted by Gasteiger charge is 2.15. The van der Waals surface area contributed by atoms with E-state index in [0.717, 1.165) is 11.1 Å². The molecule has 2 heterocycles. The van der Waals surface area contributed by atoms with Crippen molar-refractivity contribution >= 4 is 24.1 Å². The molecule has 0 aliphatic heterocycles. The summed E-state index contributed by atoms with van der Waals surface area (Å²) in [6.07, 6.45) is 3.10. The summed E-state index contributed by atoms with van der Waals surface area (Å²) in [4.78, 5) is 12.5.